The van der Waals surface area contributed by atoms with Gasteiger partial charge in [-0.15, -0.1) is 0 Å². The molecule has 0 saturated carbocycles. The summed E-state index contributed by atoms with van der Waals surface area (Å²) in [6, 6.07) is 0. The van der Waals surface area contributed by atoms with Gasteiger partial charge < -0.3 is 0 Å². The van der Waals surface area contributed by atoms with Crippen LogP contribution in [-0.4, -0.2) is 22.0 Å². The Hall–Kier alpha value is -1.38. The Morgan fingerprint density at radius 2 is 2.31 bits per heavy atom. The van der Waals surface area contributed by atoms with Gasteiger partial charge in [0.05, 0.1) is 11.9 Å². The van der Waals surface area contributed by atoms with Gasteiger partial charge in [0.1, 0.15) is 0 Å². The second-order valence-corrected chi connectivity index (χ2v) is 3.41. The highest BCUT2D eigenvalue weighted by molar-refractivity contribution is 6.09. The van der Waals surface area contributed by atoms with Crippen LogP contribution in [0.1, 0.15) is 18.9 Å². The molecule has 1 aliphatic rings. The SMILES string of the molecule is CC1=CC(c2cnn(C)c2)=NCC1. The van der Waals surface area contributed by atoms with E-state index in [0.717, 1.165) is 24.2 Å². The van der Waals surface area contributed by atoms with Crippen molar-refractivity contribution in [2.45, 2.75) is 13.3 Å². The zero-order chi connectivity index (χ0) is 9.26. The molecular formula is C10H13N3. The van der Waals surface area contributed by atoms with E-state index >= 15 is 0 Å². The quantitative estimate of drug-likeness (QED) is 0.637. The average molecular weight is 175 g/mol. The van der Waals surface area contributed by atoms with E-state index in [1.54, 1.807) is 4.68 Å². The third kappa shape index (κ3) is 1.69. The first-order chi connectivity index (χ1) is 6.25. The first-order valence-electron chi connectivity index (χ1n) is 4.46. The highest BCUT2D eigenvalue weighted by Crippen LogP contribution is 2.11. The summed E-state index contributed by atoms with van der Waals surface area (Å²) in [5, 5.41) is 4.12. The highest BCUT2D eigenvalue weighted by atomic mass is 15.2. The number of aromatic nitrogens is 2. The molecule has 0 fully saturated rings. The zero-order valence-corrected chi connectivity index (χ0v) is 7.99. The molecule has 3 heteroatoms. The van der Waals surface area contributed by atoms with Crippen LogP contribution in [0.15, 0.2) is 29.0 Å². The maximum atomic E-state index is 4.45. The molecule has 0 atom stereocenters. The lowest BCUT2D eigenvalue weighted by molar-refractivity contribution is 0.767. The minimum atomic E-state index is 0.909. The van der Waals surface area contributed by atoms with E-state index in [-0.39, 0.29) is 0 Å². The van der Waals surface area contributed by atoms with Crippen molar-refractivity contribution in [2.75, 3.05) is 6.54 Å². The fourth-order valence-electron chi connectivity index (χ4n) is 1.43. The summed E-state index contributed by atoms with van der Waals surface area (Å²) in [5.41, 5.74) is 3.58. The van der Waals surface area contributed by atoms with Crippen molar-refractivity contribution in [2.24, 2.45) is 12.0 Å². The zero-order valence-electron chi connectivity index (χ0n) is 7.99. The minimum absolute atomic E-state index is 0.909. The number of hydrogen-bond donors (Lipinski definition) is 0. The Balaban J connectivity index is 2.32. The van der Waals surface area contributed by atoms with Crippen LogP contribution in [0.5, 0.6) is 0 Å². The molecule has 0 N–H and O–H groups in total. The standard InChI is InChI=1S/C10H13N3/c1-8-3-4-11-10(5-8)9-6-12-13(2)7-9/h5-7H,3-4H2,1-2H3. The average Bonchev–Trinajstić information content (AvgIpc) is 2.52. The summed E-state index contributed by atoms with van der Waals surface area (Å²) in [6.45, 7) is 3.05. The molecule has 0 amide bonds. The van der Waals surface area contributed by atoms with E-state index in [1.165, 1.54) is 5.57 Å². The van der Waals surface area contributed by atoms with E-state index in [1.807, 2.05) is 19.4 Å². The Morgan fingerprint density at radius 3 is 2.92 bits per heavy atom. The Kier molecular flexibility index (Phi) is 2.00. The van der Waals surface area contributed by atoms with Crippen LogP contribution in [0.2, 0.25) is 0 Å². The monoisotopic (exact) mass is 175 g/mol. The molecule has 0 spiro atoms. The van der Waals surface area contributed by atoms with Crippen LogP contribution < -0.4 is 0 Å². The smallest absolute Gasteiger partial charge is 0.0677 e. The van der Waals surface area contributed by atoms with Crippen LogP contribution in [0, 0.1) is 0 Å². The van der Waals surface area contributed by atoms with Crippen molar-refractivity contribution >= 4 is 5.71 Å². The molecule has 1 aromatic rings. The Labute approximate surface area is 77.8 Å². The predicted molar refractivity (Wildman–Crippen MR) is 53.0 cm³/mol. The topological polar surface area (TPSA) is 30.2 Å². The Bertz CT molecular complexity index is 371. The molecule has 13 heavy (non-hydrogen) atoms. The van der Waals surface area contributed by atoms with E-state index in [4.69, 9.17) is 0 Å². The molecule has 0 unspecified atom stereocenters. The molecule has 1 aliphatic heterocycles. The van der Waals surface area contributed by atoms with E-state index in [0.29, 0.717) is 0 Å². The Morgan fingerprint density at radius 1 is 1.46 bits per heavy atom. The number of hydrogen-bond acceptors (Lipinski definition) is 2. The summed E-state index contributed by atoms with van der Waals surface area (Å²) in [5.74, 6) is 0. The van der Waals surface area contributed by atoms with Gasteiger partial charge in [-0.3, -0.25) is 9.67 Å². The first-order valence-corrected chi connectivity index (χ1v) is 4.46. The lowest BCUT2D eigenvalue weighted by Gasteiger charge is -2.07. The third-order valence-corrected chi connectivity index (χ3v) is 2.17. The number of allylic oxidation sites excluding steroid dienone is 1. The van der Waals surface area contributed by atoms with E-state index < -0.39 is 0 Å². The number of aryl methyl sites for hydroxylation is 1. The van der Waals surface area contributed by atoms with Gasteiger partial charge in [0, 0.05) is 25.4 Å². The molecule has 0 aliphatic carbocycles. The maximum Gasteiger partial charge on any atom is 0.0677 e. The normalized spacial score (nSPS) is 16.8. The van der Waals surface area contributed by atoms with Crippen molar-refractivity contribution in [1.29, 1.82) is 0 Å². The summed E-state index contributed by atoms with van der Waals surface area (Å²) >= 11 is 0. The number of aliphatic imine (C=N–C) groups is 1. The molecule has 0 saturated heterocycles. The lowest BCUT2D eigenvalue weighted by Crippen LogP contribution is -2.04. The molecule has 68 valence electrons. The highest BCUT2D eigenvalue weighted by Gasteiger charge is 2.06. The van der Waals surface area contributed by atoms with E-state index in [2.05, 4.69) is 23.1 Å². The van der Waals surface area contributed by atoms with Gasteiger partial charge >= 0.3 is 0 Å². The van der Waals surface area contributed by atoms with Gasteiger partial charge in [-0.1, -0.05) is 5.57 Å². The van der Waals surface area contributed by atoms with Gasteiger partial charge in [0.25, 0.3) is 0 Å². The number of dihydropyridines is 1. The number of rotatable bonds is 1. The van der Waals surface area contributed by atoms with Crippen LogP contribution in [0.3, 0.4) is 0 Å². The molecule has 0 aromatic carbocycles. The van der Waals surface area contributed by atoms with Gasteiger partial charge in [-0.2, -0.15) is 5.10 Å². The molecule has 2 rings (SSSR count). The summed E-state index contributed by atoms with van der Waals surface area (Å²) in [6.07, 6.45) is 7.08. The molecule has 2 heterocycles. The van der Waals surface area contributed by atoms with Crippen LogP contribution in [0.4, 0.5) is 0 Å². The van der Waals surface area contributed by atoms with Crippen LogP contribution >= 0.6 is 0 Å². The van der Waals surface area contributed by atoms with Gasteiger partial charge in [0.15, 0.2) is 0 Å². The first kappa shape index (κ1) is 8.23. The lowest BCUT2D eigenvalue weighted by atomic mass is 10.1. The van der Waals surface area contributed by atoms with Gasteiger partial charge in [-0.05, 0) is 19.4 Å². The summed E-state index contributed by atoms with van der Waals surface area (Å²) < 4.78 is 1.80. The largest absolute Gasteiger partial charge is 0.284 e. The van der Waals surface area contributed by atoms with Gasteiger partial charge in [-0.25, -0.2) is 0 Å². The third-order valence-electron chi connectivity index (χ3n) is 2.17. The van der Waals surface area contributed by atoms with E-state index in [9.17, 15) is 0 Å². The minimum Gasteiger partial charge on any atom is -0.284 e. The van der Waals surface area contributed by atoms with Crippen molar-refractivity contribution in [3.05, 3.63) is 29.6 Å². The second kappa shape index (κ2) is 3.17. The van der Waals surface area contributed by atoms with Crippen LogP contribution in [0.25, 0.3) is 0 Å². The van der Waals surface area contributed by atoms with Crippen molar-refractivity contribution in [3.63, 3.8) is 0 Å². The van der Waals surface area contributed by atoms with Crippen LogP contribution in [-0.2, 0) is 7.05 Å². The maximum absolute atomic E-state index is 4.45. The summed E-state index contributed by atoms with van der Waals surface area (Å²) in [4.78, 5) is 4.45. The van der Waals surface area contributed by atoms with Crippen molar-refractivity contribution in [3.8, 4) is 0 Å². The molecular weight excluding hydrogens is 162 g/mol. The number of nitrogens with zero attached hydrogens (tertiary/aromatic N) is 3. The second-order valence-electron chi connectivity index (χ2n) is 3.41. The molecule has 3 nitrogen and oxygen atoms in total. The fraction of sp³-hybridized carbons (Fsp3) is 0.400. The molecule has 0 radical (unpaired) electrons. The van der Waals surface area contributed by atoms with Gasteiger partial charge in [0.2, 0.25) is 0 Å². The molecule has 0 bridgehead atoms. The van der Waals surface area contributed by atoms with Crippen molar-refractivity contribution < 1.29 is 0 Å². The van der Waals surface area contributed by atoms with Crippen molar-refractivity contribution in [1.82, 2.24) is 9.78 Å². The summed E-state index contributed by atoms with van der Waals surface area (Å²) in [7, 11) is 1.92. The molecule has 1 aromatic heterocycles. The fourth-order valence-corrected chi connectivity index (χ4v) is 1.43. The predicted octanol–water partition coefficient (Wildman–Crippen LogP) is 1.56.